The van der Waals surface area contributed by atoms with Crippen LogP contribution in [-0.4, -0.2) is 27.8 Å². The molecule has 1 aliphatic heterocycles. The first kappa shape index (κ1) is 14.0. The maximum Gasteiger partial charge on any atom is 0.336 e. The molecular weight excluding hydrogens is 282 g/mol. The molecule has 1 aliphatic rings. The Kier molecular flexibility index (Phi) is 3.25. The molecule has 0 aromatic heterocycles. The van der Waals surface area contributed by atoms with E-state index in [1.54, 1.807) is 13.0 Å². The minimum absolute atomic E-state index is 0.00608. The third-order valence-electron chi connectivity index (χ3n) is 3.75. The fourth-order valence-electron chi connectivity index (χ4n) is 2.66. The third kappa shape index (κ3) is 2.07. The van der Waals surface area contributed by atoms with Gasteiger partial charge in [0.05, 0.1) is 23.2 Å². The first-order valence-electron chi connectivity index (χ1n) is 6.77. The van der Waals surface area contributed by atoms with Crippen LogP contribution in [0, 0.1) is 6.92 Å². The predicted molar refractivity (Wildman–Crippen MR) is 78.8 cm³/mol. The van der Waals surface area contributed by atoms with Crippen molar-refractivity contribution in [3.63, 3.8) is 0 Å². The Labute approximate surface area is 126 Å². The zero-order valence-corrected chi connectivity index (χ0v) is 11.9. The number of aromatic carboxylic acids is 1. The molecule has 0 atom stereocenters. The van der Waals surface area contributed by atoms with Gasteiger partial charge in [0, 0.05) is 0 Å². The SMILES string of the molecule is Cc1ccc2c(c1C(=O)O)C(=O)N(Cc1ccccc1)C2=O. The average molecular weight is 295 g/mol. The zero-order valence-electron chi connectivity index (χ0n) is 11.9. The number of aryl methyl sites for hydroxylation is 1. The van der Waals surface area contributed by atoms with Gasteiger partial charge in [0.25, 0.3) is 11.8 Å². The fourth-order valence-corrected chi connectivity index (χ4v) is 2.66. The molecule has 0 saturated heterocycles. The molecule has 2 aromatic carbocycles. The van der Waals surface area contributed by atoms with Gasteiger partial charge in [-0.1, -0.05) is 36.4 Å². The minimum Gasteiger partial charge on any atom is -0.478 e. The maximum absolute atomic E-state index is 12.5. The molecule has 1 heterocycles. The Morgan fingerprint density at radius 1 is 1.05 bits per heavy atom. The highest BCUT2D eigenvalue weighted by atomic mass is 16.4. The van der Waals surface area contributed by atoms with Crippen molar-refractivity contribution in [3.8, 4) is 0 Å². The summed E-state index contributed by atoms with van der Waals surface area (Å²) in [5.41, 5.74) is 1.34. The molecule has 0 spiro atoms. The van der Waals surface area contributed by atoms with E-state index in [0.29, 0.717) is 5.56 Å². The van der Waals surface area contributed by atoms with Crippen molar-refractivity contribution in [2.75, 3.05) is 0 Å². The van der Waals surface area contributed by atoms with Crippen molar-refractivity contribution in [2.24, 2.45) is 0 Å². The Morgan fingerprint density at radius 3 is 2.36 bits per heavy atom. The summed E-state index contributed by atoms with van der Waals surface area (Å²) in [6.45, 7) is 1.74. The molecule has 2 amide bonds. The molecule has 5 nitrogen and oxygen atoms in total. The normalized spacial score (nSPS) is 13.4. The highest BCUT2D eigenvalue weighted by Gasteiger charge is 2.39. The lowest BCUT2D eigenvalue weighted by atomic mass is 9.98. The molecule has 0 unspecified atom stereocenters. The van der Waals surface area contributed by atoms with E-state index in [2.05, 4.69) is 0 Å². The van der Waals surface area contributed by atoms with E-state index in [4.69, 9.17) is 0 Å². The maximum atomic E-state index is 12.5. The molecule has 110 valence electrons. The molecule has 0 bridgehead atoms. The molecular formula is C17H13NO4. The number of rotatable bonds is 3. The highest BCUT2D eigenvalue weighted by molar-refractivity contribution is 6.24. The first-order valence-corrected chi connectivity index (χ1v) is 6.77. The van der Waals surface area contributed by atoms with Gasteiger partial charge in [0.1, 0.15) is 0 Å². The molecule has 0 aliphatic carbocycles. The second-order valence-corrected chi connectivity index (χ2v) is 5.17. The van der Waals surface area contributed by atoms with Crippen LogP contribution >= 0.6 is 0 Å². The van der Waals surface area contributed by atoms with E-state index in [9.17, 15) is 19.5 Å². The second kappa shape index (κ2) is 5.11. The van der Waals surface area contributed by atoms with Crippen LogP contribution < -0.4 is 0 Å². The van der Waals surface area contributed by atoms with E-state index < -0.39 is 17.8 Å². The van der Waals surface area contributed by atoms with Gasteiger partial charge in [-0.05, 0) is 24.1 Å². The quantitative estimate of drug-likeness (QED) is 0.883. The monoisotopic (exact) mass is 295 g/mol. The fraction of sp³-hybridized carbons (Fsp3) is 0.118. The number of hydrogen-bond acceptors (Lipinski definition) is 3. The molecule has 0 fully saturated rings. The lowest BCUT2D eigenvalue weighted by molar-refractivity contribution is 0.0627. The van der Waals surface area contributed by atoms with Crippen LogP contribution in [0.4, 0.5) is 0 Å². The summed E-state index contributed by atoms with van der Waals surface area (Å²) in [4.78, 5) is 37.4. The standard InChI is InChI=1S/C17H13NO4/c1-10-7-8-12-14(13(10)17(21)22)16(20)18(15(12)19)9-11-5-3-2-4-6-11/h2-8H,9H2,1H3,(H,21,22). The van der Waals surface area contributed by atoms with Gasteiger partial charge in [-0.15, -0.1) is 0 Å². The lowest BCUT2D eigenvalue weighted by Crippen LogP contribution is -2.29. The van der Waals surface area contributed by atoms with Crippen molar-refractivity contribution in [1.29, 1.82) is 0 Å². The van der Waals surface area contributed by atoms with Crippen LogP contribution in [0.1, 0.15) is 42.2 Å². The zero-order chi connectivity index (χ0) is 15.9. The number of carbonyl (C=O) groups excluding carboxylic acids is 2. The van der Waals surface area contributed by atoms with Gasteiger partial charge >= 0.3 is 5.97 Å². The lowest BCUT2D eigenvalue weighted by Gasteiger charge is -2.13. The summed E-state index contributed by atoms with van der Waals surface area (Å²) in [7, 11) is 0. The summed E-state index contributed by atoms with van der Waals surface area (Å²) >= 11 is 0. The van der Waals surface area contributed by atoms with Crippen molar-refractivity contribution in [2.45, 2.75) is 13.5 Å². The van der Waals surface area contributed by atoms with Crippen LogP contribution in [0.15, 0.2) is 42.5 Å². The summed E-state index contributed by atoms with van der Waals surface area (Å²) in [6.07, 6.45) is 0. The van der Waals surface area contributed by atoms with Gasteiger partial charge in [0.15, 0.2) is 0 Å². The van der Waals surface area contributed by atoms with Crippen LogP contribution in [0.25, 0.3) is 0 Å². The van der Waals surface area contributed by atoms with Crippen LogP contribution in [0.2, 0.25) is 0 Å². The van der Waals surface area contributed by atoms with Crippen LogP contribution in [0.3, 0.4) is 0 Å². The van der Waals surface area contributed by atoms with Gasteiger partial charge in [-0.25, -0.2) is 4.79 Å². The summed E-state index contributed by atoms with van der Waals surface area (Å²) in [5, 5.41) is 9.33. The number of nitrogens with zero attached hydrogens (tertiary/aromatic N) is 1. The van der Waals surface area contributed by atoms with Crippen molar-refractivity contribution >= 4 is 17.8 Å². The molecule has 3 rings (SSSR count). The van der Waals surface area contributed by atoms with Gasteiger partial charge in [0.2, 0.25) is 0 Å². The summed E-state index contributed by atoms with van der Waals surface area (Å²) in [5.74, 6) is -2.20. The van der Waals surface area contributed by atoms with Gasteiger partial charge < -0.3 is 5.11 Å². The van der Waals surface area contributed by atoms with E-state index in [-0.39, 0.29) is 23.2 Å². The highest BCUT2D eigenvalue weighted by Crippen LogP contribution is 2.29. The van der Waals surface area contributed by atoms with Gasteiger partial charge in [-0.2, -0.15) is 0 Å². The van der Waals surface area contributed by atoms with E-state index in [1.807, 2.05) is 30.3 Å². The molecule has 5 heteroatoms. The predicted octanol–water partition coefficient (Wildman–Crippen LogP) is 2.49. The topological polar surface area (TPSA) is 74.7 Å². The number of carboxylic acid groups (broad SMARTS) is 1. The second-order valence-electron chi connectivity index (χ2n) is 5.17. The third-order valence-corrected chi connectivity index (χ3v) is 3.75. The molecule has 0 radical (unpaired) electrons. The largest absolute Gasteiger partial charge is 0.478 e. The number of imide groups is 1. The van der Waals surface area contributed by atoms with E-state index >= 15 is 0 Å². The Bertz CT molecular complexity index is 796. The molecule has 22 heavy (non-hydrogen) atoms. The summed E-state index contributed by atoms with van der Waals surface area (Å²) < 4.78 is 0. The molecule has 0 saturated carbocycles. The number of fused-ring (bicyclic) bond motifs is 1. The number of carbonyl (C=O) groups is 3. The van der Waals surface area contributed by atoms with Crippen molar-refractivity contribution in [1.82, 2.24) is 4.90 Å². The summed E-state index contributed by atoms with van der Waals surface area (Å²) in [6, 6.07) is 12.2. The minimum atomic E-state index is -1.20. The number of amides is 2. The van der Waals surface area contributed by atoms with Crippen LogP contribution in [-0.2, 0) is 6.54 Å². The number of hydrogen-bond donors (Lipinski definition) is 1. The Balaban J connectivity index is 2.06. The van der Waals surface area contributed by atoms with Crippen molar-refractivity contribution in [3.05, 3.63) is 70.3 Å². The molecule has 2 aromatic rings. The molecule has 1 N–H and O–H groups in total. The van der Waals surface area contributed by atoms with Crippen molar-refractivity contribution < 1.29 is 19.5 Å². The first-order chi connectivity index (χ1) is 10.5. The smallest absolute Gasteiger partial charge is 0.336 e. The number of benzene rings is 2. The van der Waals surface area contributed by atoms with E-state index in [0.717, 1.165) is 10.5 Å². The van der Waals surface area contributed by atoms with E-state index in [1.165, 1.54) is 6.07 Å². The van der Waals surface area contributed by atoms with Gasteiger partial charge in [-0.3, -0.25) is 14.5 Å². The van der Waals surface area contributed by atoms with Crippen LogP contribution in [0.5, 0.6) is 0 Å². The average Bonchev–Trinajstić information content (AvgIpc) is 2.73. The number of carboxylic acids is 1. The Morgan fingerprint density at radius 2 is 1.73 bits per heavy atom. The Hall–Kier alpha value is -2.95.